The lowest BCUT2D eigenvalue weighted by Gasteiger charge is -2.06. The molecule has 0 fully saturated rings. The second kappa shape index (κ2) is 6.22. The third kappa shape index (κ3) is 3.73. The van der Waals surface area contributed by atoms with Crippen molar-refractivity contribution in [3.05, 3.63) is 22.6 Å². The van der Waals surface area contributed by atoms with Crippen molar-refractivity contribution in [3.8, 4) is 0 Å². The predicted octanol–water partition coefficient (Wildman–Crippen LogP) is 1.87. The van der Waals surface area contributed by atoms with E-state index in [1.54, 1.807) is 12.3 Å². The lowest BCUT2D eigenvalue weighted by atomic mass is 10.3. The van der Waals surface area contributed by atoms with E-state index in [1.807, 2.05) is 0 Å². The van der Waals surface area contributed by atoms with Crippen LogP contribution >= 0.6 is 0 Å². The summed E-state index contributed by atoms with van der Waals surface area (Å²) in [5, 5.41) is 7.25. The molecule has 4 heteroatoms. The summed E-state index contributed by atoms with van der Waals surface area (Å²) in [5.74, 6) is 0. The molecule has 0 saturated carbocycles. The van der Waals surface area contributed by atoms with Crippen molar-refractivity contribution < 1.29 is 0 Å². The molecule has 1 heterocycles. The van der Waals surface area contributed by atoms with Crippen LogP contribution in [-0.2, 0) is 6.54 Å². The minimum Gasteiger partial charge on any atom is -0.384 e. The normalized spacial score (nSPS) is 10.3. The van der Waals surface area contributed by atoms with Crippen LogP contribution in [0.3, 0.4) is 0 Å². The Morgan fingerprint density at radius 2 is 2.20 bits per heavy atom. The number of rotatable bonds is 6. The summed E-state index contributed by atoms with van der Waals surface area (Å²) in [6, 6.07) is 1.61. The van der Waals surface area contributed by atoms with Crippen LogP contribution in [0.1, 0.15) is 33.1 Å². The number of aromatic nitrogens is 2. The quantitative estimate of drug-likeness (QED) is 0.778. The molecule has 0 saturated heterocycles. The van der Waals surface area contributed by atoms with E-state index in [4.69, 9.17) is 0 Å². The maximum absolute atomic E-state index is 11.6. The van der Waals surface area contributed by atoms with Gasteiger partial charge in [0.1, 0.15) is 0 Å². The summed E-state index contributed by atoms with van der Waals surface area (Å²) in [4.78, 5) is 11.6. The van der Waals surface area contributed by atoms with Crippen molar-refractivity contribution in [2.45, 2.75) is 39.7 Å². The molecule has 15 heavy (non-hydrogen) atoms. The second-order valence-electron chi connectivity index (χ2n) is 3.59. The van der Waals surface area contributed by atoms with Gasteiger partial charge in [-0.15, -0.1) is 0 Å². The van der Waals surface area contributed by atoms with Gasteiger partial charge < -0.3 is 5.32 Å². The Bertz CT molecular complexity index is 346. The van der Waals surface area contributed by atoms with Crippen molar-refractivity contribution >= 4 is 5.69 Å². The summed E-state index contributed by atoms with van der Waals surface area (Å²) >= 11 is 0. The highest BCUT2D eigenvalue weighted by Gasteiger charge is 1.98. The number of aryl methyl sites for hydroxylation is 1. The molecule has 0 amide bonds. The molecule has 4 nitrogen and oxygen atoms in total. The zero-order chi connectivity index (χ0) is 11.1. The number of hydrogen-bond donors (Lipinski definition) is 1. The minimum absolute atomic E-state index is 0.0236. The van der Waals surface area contributed by atoms with Crippen molar-refractivity contribution in [2.24, 2.45) is 0 Å². The zero-order valence-corrected chi connectivity index (χ0v) is 9.49. The summed E-state index contributed by atoms with van der Waals surface area (Å²) in [5.41, 5.74) is 0.791. The van der Waals surface area contributed by atoms with Crippen molar-refractivity contribution in [2.75, 3.05) is 11.9 Å². The Labute approximate surface area is 90.3 Å². The van der Waals surface area contributed by atoms with Crippen LogP contribution in [0.15, 0.2) is 17.1 Å². The van der Waals surface area contributed by atoms with Gasteiger partial charge in [0, 0.05) is 19.2 Å². The van der Waals surface area contributed by atoms with Gasteiger partial charge in [-0.3, -0.25) is 4.79 Å². The van der Waals surface area contributed by atoms with E-state index in [0.29, 0.717) is 6.54 Å². The molecule has 0 aliphatic heterocycles. The van der Waals surface area contributed by atoms with Gasteiger partial charge in [-0.05, 0) is 12.8 Å². The monoisotopic (exact) mass is 209 g/mol. The Kier molecular flexibility index (Phi) is 4.87. The van der Waals surface area contributed by atoms with E-state index in [-0.39, 0.29) is 5.56 Å². The van der Waals surface area contributed by atoms with Gasteiger partial charge >= 0.3 is 0 Å². The molecular weight excluding hydrogens is 190 g/mol. The van der Waals surface area contributed by atoms with E-state index in [9.17, 15) is 4.79 Å². The molecule has 84 valence electrons. The maximum atomic E-state index is 11.6. The predicted molar refractivity (Wildman–Crippen MR) is 62.2 cm³/mol. The van der Waals surface area contributed by atoms with Gasteiger partial charge in [-0.2, -0.15) is 5.10 Å². The fourth-order valence-electron chi connectivity index (χ4n) is 1.28. The first-order valence-corrected chi connectivity index (χ1v) is 5.59. The van der Waals surface area contributed by atoms with Crippen molar-refractivity contribution in [3.63, 3.8) is 0 Å². The fraction of sp³-hybridized carbons (Fsp3) is 0.636. The van der Waals surface area contributed by atoms with Gasteiger partial charge in [0.15, 0.2) is 0 Å². The molecule has 0 atom stereocenters. The van der Waals surface area contributed by atoms with Crippen LogP contribution in [0.25, 0.3) is 0 Å². The van der Waals surface area contributed by atoms with Gasteiger partial charge in [-0.25, -0.2) is 4.68 Å². The standard InChI is InChI=1S/C11H19N3O/c1-3-5-7-14-11(15)8-10(9-13-14)12-6-4-2/h8-9,12H,3-7H2,1-2H3. The lowest BCUT2D eigenvalue weighted by molar-refractivity contribution is 0.543. The van der Waals surface area contributed by atoms with Gasteiger partial charge in [0.25, 0.3) is 5.56 Å². The molecule has 1 aromatic rings. The number of hydrogen-bond acceptors (Lipinski definition) is 3. The first-order valence-electron chi connectivity index (χ1n) is 5.59. The van der Waals surface area contributed by atoms with Crippen LogP contribution in [0.2, 0.25) is 0 Å². The van der Waals surface area contributed by atoms with Gasteiger partial charge in [0.05, 0.1) is 11.9 Å². The highest BCUT2D eigenvalue weighted by atomic mass is 16.1. The molecule has 0 unspecified atom stereocenters. The largest absolute Gasteiger partial charge is 0.384 e. The summed E-state index contributed by atoms with van der Waals surface area (Å²) in [6.45, 7) is 5.77. The molecule has 0 radical (unpaired) electrons. The molecule has 0 aliphatic carbocycles. The first kappa shape index (κ1) is 11.8. The van der Waals surface area contributed by atoms with Gasteiger partial charge in [0.2, 0.25) is 0 Å². The summed E-state index contributed by atoms with van der Waals surface area (Å²) in [7, 11) is 0. The lowest BCUT2D eigenvalue weighted by Crippen LogP contribution is -2.22. The first-order chi connectivity index (χ1) is 7.27. The molecule has 1 N–H and O–H groups in total. The van der Waals surface area contributed by atoms with Crippen molar-refractivity contribution in [1.29, 1.82) is 0 Å². The number of anilines is 1. The molecule has 0 aliphatic rings. The van der Waals surface area contributed by atoms with Crippen LogP contribution < -0.4 is 10.9 Å². The van der Waals surface area contributed by atoms with E-state index >= 15 is 0 Å². The van der Waals surface area contributed by atoms with Crippen LogP contribution in [0.4, 0.5) is 5.69 Å². The minimum atomic E-state index is -0.0236. The molecular formula is C11H19N3O. The third-order valence-electron chi connectivity index (χ3n) is 2.17. The zero-order valence-electron chi connectivity index (χ0n) is 9.49. The fourth-order valence-corrected chi connectivity index (χ4v) is 1.28. The van der Waals surface area contributed by atoms with Crippen molar-refractivity contribution in [1.82, 2.24) is 9.78 Å². The number of nitrogens with one attached hydrogen (secondary N) is 1. The summed E-state index contributed by atoms with van der Waals surface area (Å²) < 4.78 is 1.51. The van der Waals surface area contributed by atoms with Crippen LogP contribution in [0, 0.1) is 0 Å². The molecule has 0 aromatic carbocycles. The molecule has 1 rings (SSSR count). The Balaban J connectivity index is 2.66. The Hall–Kier alpha value is -1.32. The number of nitrogens with zero attached hydrogens (tertiary/aromatic N) is 2. The second-order valence-corrected chi connectivity index (χ2v) is 3.59. The van der Waals surface area contributed by atoms with Crippen LogP contribution in [0.5, 0.6) is 0 Å². The average molecular weight is 209 g/mol. The molecule has 0 bridgehead atoms. The van der Waals surface area contributed by atoms with E-state index < -0.39 is 0 Å². The Morgan fingerprint density at radius 3 is 2.80 bits per heavy atom. The SMILES string of the molecule is CCCCn1ncc(NCCC)cc1=O. The highest BCUT2D eigenvalue weighted by Crippen LogP contribution is 2.00. The maximum Gasteiger partial charge on any atom is 0.268 e. The van der Waals surface area contributed by atoms with E-state index in [0.717, 1.165) is 31.5 Å². The topological polar surface area (TPSA) is 46.9 Å². The van der Waals surface area contributed by atoms with Gasteiger partial charge in [-0.1, -0.05) is 20.3 Å². The smallest absolute Gasteiger partial charge is 0.268 e. The highest BCUT2D eigenvalue weighted by molar-refractivity contribution is 5.38. The average Bonchev–Trinajstić information content (AvgIpc) is 2.25. The molecule has 0 spiro atoms. The molecule has 1 aromatic heterocycles. The van der Waals surface area contributed by atoms with Crippen LogP contribution in [-0.4, -0.2) is 16.3 Å². The number of unbranched alkanes of at least 4 members (excludes halogenated alkanes) is 1. The van der Waals surface area contributed by atoms with E-state index in [2.05, 4.69) is 24.3 Å². The Morgan fingerprint density at radius 1 is 1.40 bits per heavy atom. The van der Waals surface area contributed by atoms with E-state index in [1.165, 1.54) is 4.68 Å². The summed E-state index contributed by atoms with van der Waals surface area (Å²) in [6.07, 6.45) is 4.82. The third-order valence-corrected chi connectivity index (χ3v) is 2.17.